The molecule has 0 saturated heterocycles. The molecule has 1 heterocycles. The highest BCUT2D eigenvalue weighted by Crippen LogP contribution is 2.17. The van der Waals surface area contributed by atoms with Crippen LogP contribution >= 0.6 is 0 Å². The summed E-state index contributed by atoms with van der Waals surface area (Å²) < 4.78 is 8.00. The average molecular weight is 218 g/mol. The van der Waals surface area contributed by atoms with Crippen LogP contribution < -0.4 is 0 Å². The van der Waals surface area contributed by atoms with E-state index in [-0.39, 0.29) is 5.54 Å². The van der Waals surface area contributed by atoms with Crippen molar-refractivity contribution in [2.45, 2.75) is 32.2 Å². The highest BCUT2D eigenvalue weighted by molar-refractivity contribution is 5.72. The van der Waals surface area contributed by atoms with Crippen molar-refractivity contribution in [2.24, 2.45) is 0 Å². The molecule has 0 atom stereocenters. The van der Waals surface area contributed by atoms with Crippen molar-refractivity contribution in [1.29, 1.82) is 0 Å². The molecule has 2 rings (SSSR count). The van der Waals surface area contributed by atoms with Gasteiger partial charge in [-0.3, -0.25) is 0 Å². The summed E-state index contributed by atoms with van der Waals surface area (Å²) in [6, 6.07) is 10.6. The Labute approximate surface area is 97.6 Å². The van der Waals surface area contributed by atoms with Gasteiger partial charge in [0, 0.05) is 13.8 Å². The van der Waals surface area contributed by atoms with Crippen LogP contribution in [0.3, 0.4) is 0 Å². The lowest BCUT2D eigenvalue weighted by Gasteiger charge is -2.09. The van der Waals surface area contributed by atoms with Crippen molar-refractivity contribution in [3.63, 3.8) is 0 Å². The van der Waals surface area contributed by atoms with Gasteiger partial charge < -0.3 is 4.74 Å². The third-order valence-corrected chi connectivity index (χ3v) is 3.34. The fourth-order valence-corrected chi connectivity index (χ4v) is 1.93. The molecular formula is C14H20NO+. The number of hydrogen-bond acceptors (Lipinski definition) is 1. The third-order valence-electron chi connectivity index (χ3n) is 3.34. The molecule has 1 aromatic carbocycles. The van der Waals surface area contributed by atoms with Gasteiger partial charge in [-0.05, 0) is 12.0 Å². The van der Waals surface area contributed by atoms with Crippen molar-refractivity contribution in [3.05, 3.63) is 35.9 Å². The van der Waals surface area contributed by atoms with Gasteiger partial charge in [0.2, 0.25) is 0 Å². The first-order valence-electron chi connectivity index (χ1n) is 5.86. The Kier molecular flexibility index (Phi) is 2.99. The molecule has 0 radical (unpaired) electrons. The minimum absolute atomic E-state index is 0.145. The smallest absolute Gasteiger partial charge is 0.337 e. The van der Waals surface area contributed by atoms with Gasteiger partial charge in [0.25, 0.3) is 0 Å². The minimum atomic E-state index is 0.145. The Hall–Kier alpha value is -1.31. The predicted molar refractivity (Wildman–Crippen MR) is 66.0 cm³/mol. The van der Waals surface area contributed by atoms with E-state index in [1.807, 2.05) is 0 Å². The van der Waals surface area contributed by atoms with Gasteiger partial charge in [-0.15, -0.1) is 0 Å². The number of rotatable bonds is 3. The molecule has 0 aliphatic carbocycles. The predicted octanol–water partition coefficient (Wildman–Crippen LogP) is 2.47. The van der Waals surface area contributed by atoms with Crippen LogP contribution in [-0.2, 0) is 11.2 Å². The van der Waals surface area contributed by atoms with E-state index in [1.54, 1.807) is 0 Å². The lowest BCUT2D eigenvalue weighted by atomic mass is 10.1. The topological polar surface area (TPSA) is 12.2 Å². The van der Waals surface area contributed by atoms with E-state index >= 15 is 0 Å². The Balaban J connectivity index is 2.00. The Morgan fingerprint density at radius 3 is 2.44 bits per heavy atom. The summed E-state index contributed by atoms with van der Waals surface area (Å²) in [6.45, 7) is 5.22. The van der Waals surface area contributed by atoms with Crippen LogP contribution in [0.2, 0.25) is 0 Å². The van der Waals surface area contributed by atoms with Crippen LogP contribution in [0.5, 0.6) is 0 Å². The summed E-state index contributed by atoms with van der Waals surface area (Å²) in [5, 5.41) is 0. The van der Waals surface area contributed by atoms with Crippen LogP contribution in [-0.4, -0.2) is 29.7 Å². The van der Waals surface area contributed by atoms with Gasteiger partial charge in [-0.1, -0.05) is 30.3 Å². The summed E-state index contributed by atoms with van der Waals surface area (Å²) in [6.07, 6.45) is 2.04. The zero-order chi connectivity index (χ0) is 11.6. The van der Waals surface area contributed by atoms with E-state index < -0.39 is 0 Å². The molecule has 0 spiro atoms. The molecular weight excluding hydrogens is 198 g/mol. The van der Waals surface area contributed by atoms with Gasteiger partial charge in [0.15, 0.2) is 12.1 Å². The minimum Gasteiger partial charge on any atom is -0.441 e. The van der Waals surface area contributed by atoms with Gasteiger partial charge >= 0.3 is 5.90 Å². The zero-order valence-electron chi connectivity index (χ0n) is 10.4. The second-order valence-electron chi connectivity index (χ2n) is 5.04. The first kappa shape index (κ1) is 11.2. The fourth-order valence-electron chi connectivity index (χ4n) is 1.93. The summed E-state index contributed by atoms with van der Waals surface area (Å²) in [5.74, 6) is 1.12. The maximum Gasteiger partial charge on any atom is 0.337 e. The molecule has 86 valence electrons. The van der Waals surface area contributed by atoms with Crippen molar-refractivity contribution in [1.82, 2.24) is 0 Å². The van der Waals surface area contributed by atoms with Crippen LogP contribution in [0.15, 0.2) is 30.3 Å². The van der Waals surface area contributed by atoms with Crippen LogP contribution in [0, 0.1) is 0 Å². The van der Waals surface area contributed by atoms with Crippen molar-refractivity contribution in [2.75, 3.05) is 13.7 Å². The number of benzene rings is 1. The molecule has 2 heteroatoms. The van der Waals surface area contributed by atoms with E-state index in [4.69, 9.17) is 4.74 Å². The van der Waals surface area contributed by atoms with Gasteiger partial charge in [0.05, 0.1) is 6.42 Å². The molecule has 0 bridgehead atoms. The van der Waals surface area contributed by atoms with Crippen molar-refractivity contribution < 1.29 is 9.31 Å². The Morgan fingerprint density at radius 2 is 1.88 bits per heavy atom. The largest absolute Gasteiger partial charge is 0.441 e. The lowest BCUT2D eigenvalue weighted by Crippen LogP contribution is -2.33. The first-order chi connectivity index (χ1) is 7.59. The SMILES string of the molecule is C[N+]1=C(CCc2ccccc2)OCC1(C)C. The molecule has 0 aromatic heterocycles. The monoisotopic (exact) mass is 218 g/mol. The van der Waals surface area contributed by atoms with Crippen molar-refractivity contribution in [3.8, 4) is 0 Å². The van der Waals surface area contributed by atoms with Crippen LogP contribution in [0.1, 0.15) is 25.8 Å². The second kappa shape index (κ2) is 4.28. The summed E-state index contributed by atoms with van der Waals surface area (Å²) in [7, 11) is 2.12. The molecule has 1 aliphatic heterocycles. The van der Waals surface area contributed by atoms with Gasteiger partial charge in [-0.25, -0.2) is 0 Å². The molecule has 0 unspecified atom stereocenters. The van der Waals surface area contributed by atoms with Gasteiger partial charge in [0.1, 0.15) is 7.05 Å². The highest BCUT2D eigenvalue weighted by atomic mass is 16.5. The number of aryl methyl sites for hydroxylation is 1. The van der Waals surface area contributed by atoms with E-state index in [0.29, 0.717) is 0 Å². The molecule has 1 aromatic rings. The number of hydrogen-bond donors (Lipinski definition) is 0. The summed E-state index contributed by atoms with van der Waals surface area (Å²) >= 11 is 0. The standard InChI is InChI=1S/C14H20NO/c1-14(2)11-16-13(15(14)3)10-9-12-7-5-4-6-8-12/h4-8H,9-11H2,1-3H3/q+1. The van der Waals surface area contributed by atoms with Crippen LogP contribution in [0.25, 0.3) is 0 Å². The number of likely N-dealkylation sites (N-methyl/N-ethyl adjacent to an activating group) is 1. The number of nitrogens with zero attached hydrogens (tertiary/aromatic N) is 1. The van der Waals surface area contributed by atoms with E-state index in [2.05, 4.69) is 55.8 Å². The van der Waals surface area contributed by atoms with Crippen molar-refractivity contribution >= 4 is 5.90 Å². The maximum atomic E-state index is 5.74. The Bertz CT molecular complexity index is 392. The quantitative estimate of drug-likeness (QED) is 0.710. The Morgan fingerprint density at radius 1 is 1.19 bits per heavy atom. The summed E-state index contributed by atoms with van der Waals surface area (Å²) in [4.78, 5) is 0. The normalized spacial score (nSPS) is 18.7. The molecule has 16 heavy (non-hydrogen) atoms. The lowest BCUT2D eigenvalue weighted by molar-refractivity contribution is -0.563. The van der Waals surface area contributed by atoms with E-state index in [1.165, 1.54) is 5.56 Å². The zero-order valence-corrected chi connectivity index (χ0v) is 10.4. The maximum absolute atomic E-state index is 5.74. The second-order valence-corrected chi connectivity index (χ2v) is 5.04. The molecule has 0 saturated carbocycles. The van der Waals surface area contributed by atoms with E-state index in [9.17, 15) is 0 Å². The first-order valence-corrected chi connectivity index (χ1v) is 5.86. The van der Waals surface area contributed by atoms with E-state index in [0.717, 1.165) is 25.3 Å². The molecule has 2 nitrogen and oxygen atoms in total. The molecule has 0 N–H and O–H groups in total. The number of ether oxygens (including phenoxy) is 1. The van der Waals surface area contributed by atoms with Gasteiger partial charge in [-0.2, -0.15) is 4.58 Å². The molecule has 1 aliphatic rings. The molecule has 0 amide bonds. The molecule has 0 fully saturated rings. The third kappa shape index (κ3) is 2.26. The average Bonchev–Trinajstić information content (AvgIpc) is 2.54. The fraction of sp³-hybridized carbons (Fsp3) is 0.500. The highest BCUT2D eigenvalue weighted by Gasteiger charge is 2.38. The van der Waals surface area contributed by atoms with Crippen LogP contribution in [0.4, 0.5) is 0 Å². The summed E-state index contributed by atoms with van der Waals surface area (Å²) in [5.41, 5.74) is 1.52.